The topological polar surface area (TPSA) is 37.0 Å². The third-order valence-corrected chi connectivity index (χ3v) is 6.05. The molecule has 1 aromatic heterocycles. The SMILES string of the molecule is CNc1ccc(NC)c(-c2cccc(-c3cc(-c4ccccc4)cc(-c4ccccc4)n3)c2)c1. The number of hydrogen-bond donors (Lipinski definition) is 2. The van der Waals surface area contributed by atoms with Crippen molar-refractivity contribution < 1.29 is 0 Å². The van der Waals surface area contributed by atoms with Gasteiger partial charge in [-0.2, -0.15) is 0 Å². The van der Waals surface area contributed by atoms with E-state index in [1.54, 1.807) is 0 Å². The Balaban J connectivity index is 1.66. The van der Waals surface area contributed by atoms with E-state index >= 15 is 0 Å². The normalized spacial score (nSPS) is 10.6. The molecule has 0 saturated carbocycles. The van der Waals surface area contributed by atoms with Gasteiger partial charge in [-0.15, -0.1) is 0 Å². The van der Waals surface area contributed by atoms with E-state index in [1.165, 1.54) is 5.56 Å². The van der Waals surface area contributed by atoms with Crippen LogP contribution in [0.2, 0.25) is 0 Å². The Morgan fingerprint density at radius 3 is 1.76 bits per heavy atom. The second-order valence-corrected chi connectivity index (χ2v) is 8.20. The summed E-state index contributed by atoms with van der Waals surface area (Å²) >= 11 is 0. The second kappa shape index (κ2) is 9.63. The Labute approximate surface area is 201 Å². The minimum absolute atomic E-state index is 0.956. The van der Waals surface area contributed by atoms with Crippen LogP contribution in [-0.2, 0) is 0 Å². The van der Waals surface area contributed by atoms with Crippen LogP contribution in [0, 0.1) is 0 Å². The molecule has 0 saturated heterocycles. The van der Waals surface area contributed by atoms with Crippen LogP contribution < -0.4 is 10.6 Å². The fourth-order valence-electron chi connectivity index (χ4n) is 4.24. The lowest BCUT2D eigenvalue weighted by Crippen LogP contribution is -1.95. The maximum Gasteiger partial charge on any atom is 0.0715 e. The summed E-state index contributed by atoms with van der Waals surface area (Å²) in [6, 6.07) is 40.2. The lowest BCUT2D eigenvalue weighted by atomic mass is 9.97. The summed E-state index contributed by atoms with van der Waals surface area (Å²) in [4.78, 5) is 5.08. The summed E-state index contributed by atoms with van der Waals surface area (Å²) in [5.74, 6) is 0. The number of nitrogens with one attached hydrogen (secondary N) is 2. The van der Waals surface area contributed by atoms with E-state index in [9.17, 15) is 0 Å². The zero-order valence-corrected chi connectivity index (χ0v) is 19.4. The number of pyridine rings is 1. The molecule has 5 aromatic rings. The third-order valence-electron chi connectivity index (χ3n) is 6.05. The number of aromatic nitrogens is 1. The Morgan fingerprint density at radius 2 is 1.09 bits per heavy atom. The van der Waals surface area contributed by atoms with Gasteiger partial charge in [-0.3, -0.25) is 0 Å². The van der Waals surface area contributed by atoms with Gasteiger partial charge in [-0.05, 0) is 53.1 Å². The van der Waals surface area contributed by atoms with Crippen LogP contribution in [0.15, 0.2) is 115 Å². The summed E-state index contributed by atoms with van der Waals surface area (Å²) in [6.07, 6.45) is 0. The number of nitrogens with zero attached hydrogens (tertiary/aromatic N) is 1. The fourth-order valence-corrected chi connectivity index (χ4v) is 4.24. The van der Waals surface area contributed by atoms with Crippen molar-refractivity contribution in [2.75, 3.05) is 24.7 Å². The van der Waals surface area contributed by atoms with Crippen molar-refractivity contribution in [3.8, 4) is 44.8 Å². The second-order valence-electron chi connectivity index (χ2n) is 8.20. The Kier molecular flexibility index (Phi) is 6.09. The average molecular weight is 442 g/mol. The molecule has 0 amide bonds. The Bertz CT molecular complexity index is 1350. The van der Waals surface area contributed by atoms with E-state index < -0.39 is 0 Å². The third kappa shape index (κ3) is 4.41. The molecule has 0 aliphatic rings. The van der Waals surface area contributed by atoms with Crippen molar-refractivity contribution >= 4 is 11.4 Å². The van der Waals surface area contributed by atoms with Gasteiger partial charge in [0.05, 0.1) is 11.4 Å². The molecule has 1 heterocycles. The lowest BCUT2D eigenvalue weighted by Gasteiger charge is -2.14. The number of benzene rings is 4. The van der Waals surface area contributed by atoms with E-state index in [0.717, 1.165) is 50.6 Å². The first-order valence-electron chi connectivity index (χ1n) is 11.5. The summed E-state index contributed by atoms with van der Waals surface area (Å²) in [7, 11) is 3.90. The molecule has 0 spiro atoms. The quantitative estimate of drug-likeness (QED) is 0.282. The van der Waals surface area contributed by atoms with E-state index in [1.807, 2.05) is 26.2 Å². The van der Waals surface area contributed by atoms with Gasteiger partial charge < -0.3 is 10.6 Å². The first-order chi connectivity index (χ1) is 16.7. The summed E-state index contributed by atoms with van der Waals surface area (Å²) < 4.78 is 0. The average Bonchev–Trinajstić information content (AvgIpc) is 2.93. The highest BCUT2D eigenvalue weighted by Crippen LogP contribution is 2.35. The molecular formula is C31H27N3. The predicted molar refractivity (Wildman–Crippen MR) is 145 cm³/mol. The van der Waals surface area contributed by atoms with Gasteiger partial charge >= 0.3 is 0 Å². The first kappa shape index (κ1) is 21.5. The van der Waals surface area contributed by atoms with Gasteiger partial charge in [0.15, 0.2) is 0 Å². The van der Waals surface area contributed by atoms with E-state index in [0.29, 0.717) is 0 Å². The standard InChI is InChI=1S/C31H27N3/c1-32-27-16-17-29(33-2)28(21-27)24-14-9-15-25(18-24)31-20-26(22-10-5-3-6-11-22)19-30(34-31)23-12-7-4-8-13-23/h3-21,32-33H,1-2H3. The molecule has 0 radical (unpaired) electrons. The van der Waals surface area contributed by atoms with Crippen LogP contribution in [0.4, 0.5) is 11.4 Å². The summed E-state index contributed by atoms with van der Waals surface area (Å²) in [6.45, 7) is 0. The highest BCUT2D eigenvalue weighted by atomic mass is 14.8. The number of rotatable bonds is 6. The summed E-state index contributed by atoms with van der Waals surface area (Å²) in [5.41, 5.74) is 10.9. The van der Waals surface area contributed by atoms with Gasteiger partial charge in [-0.25, -0.2) is 4.98 Å². The monoisotopic (exact) mass is 441 g/mol. The van der Waals surface area contributed by atoms with Crippen LogP contribution in [0.25, 0.3) is 44.8 Å². The molecule has 166 valence electrons. The number of hydrogen-bond acceptors (Lipinski definition) is 3. The fraction of sp³-hybridized carbons (Fsp3) is 0.0645. The molecule has 3 nitrogen and oxygen atoms in total. The lowest BCUT2D eigenvalue weighted by molar-refractivity contribution is 1.32. The molecule has 0 unspecified atom stereocenters. The molecule has 0 fully saturated rings. The van der Waals surface area contributed by atoms with Gasteiger partial charge in [0, 0.05) is 42.2 Å². The molecule has 4 aromatic carbocycles. The van der Waals surface area contributed by atoms with Gasteiger partial charge in [0.1, 0.15) is 0 Å². The molecule has 0 atom stereocenters. The van der Waals surface area contributed by atoms with Gasteiger partial charge in [0.25, 0.3) is 0 Å². The van der Waals surface area contributed by atoms with Crippen LogP contribution in [-0.4, -0.2) is 19.1 Å². The number of anilines is 2. The molecule has 5 rings (SSSR count). The molecule has 2 N–H and O–H groups in total. The van der Waals surface area contributed by atoms with E-state index in [4.69, 9.17) is 4.98 Å². The van der Waals surface area contributed by atoms with Crippen molar-refractivity contribution in [3.05, 3.63) is 115 Å². The van der Waals surface area contributed by atoms with Crippen molar-refractivity contribution in [2.45, 2.75) is 0 Å². The molecule has 0 aliphatic carbocycles. The maximum absolute atomic E-state index is 5.08. The van der Waals surface area contributed by atoms with Gasteiger partial charge in [0.2, 0.25) is 0 Å². The van der Waals surface area contributed by atoms with Crippen molar-refractivity contribution in [2.24, 2.45) is 0 Å². The van der Waals surface area contributed by atoms with Crippen molar-refractivity contribution in [3.63, 3.8) is 0 Å². The Hall–Kier alpha value is -4.37. The van der Waals surface area contributed by atoms with Crippen LogP contribution in [0.5, 0.6) is 0 Å². The molecule has 34 heavy (non-hydrogen) atoms. The minimum atomic E-state index is 0.956. The molecule has 0 bridgehead atoms. The highest BCUT2D eigenvalue weighted by Gasteiger charge is 2.11. The van der Waals surface area contributed by atoms with Crippen LogP contribution in [0.3, 0.4) is 0 Å². The zero-order valence-electron chi connectivity index (χ0n) is 19.4. The minimum Gasteiger partial charge on any atom is -0.388 e. The summed E-state index contributed by atoms with van der Waals surface area (Å²) in [5, 5.41) is 6.57. The van der Waals surface area contributed by atoms with Crippen LogP contribution in [0.1, 0.15) is 0 Å². The largest absolute Gasteiger partial charge is 0.388 e. The molecular weight excluding hydrogens is 414 g/mol. The van der Waals surface area contributed by atoms with Crippen molar-refractivity contribution in [1.82, 2.24) is 4.98 Å². The predicted octanol–water partition coefficient (Wildman–Crippen LogP) is 7.83. The zero-order chi connectivity index (χ0) is 23.3. The van der Waals surface area contributed by atoms with Crippen LogP contribution >= 0.6 is 0 Å². The Morgan fingerprint density at radius 1 is 0.471 bits per heavy atom. The van der Waals surface area contributed by atoms with Crippen molar-refractivity contribution in [1.29, 1.82) is 0 Å². The smallest absolute Gasteiger partial charge is 0.0715 e. The van der Waals surface area contributed by atoms with E-state index in [-0.39, 0.29) is 0 Å². The van der Waals surface area contributed by atoms with Gasteiger partial charge in [-0.1, -0.05) is 78.9 Å². The van der Waals surface area contributed by atoms with E-state index in [2.05, 4.69) is 114 Å². The molecule has 0 aliphatic heterocycles. The highest BCUT2D eigenvalue weighted by molar-refractivity contribution is 5.84. The maximum atomic E-state index is 5.08. The first-order valence-corrected chi connectivity index (χ1v) is 11.5. The molecule has 3 heteroatoms.